The fourth-order valence-electron chi connectivity index (χ4n) is 1.08. The molecule has 16 heavy (non-hydrogen) atoms. The van der Waals surface area contributed by atoms with Gasteiger partial charge in [-0.3, -0.25) is 14.9 Å². The summed E-state index contributed by atoms with van der Waals surface area (Å²) in [4.78, 5) is 32.0. The summed E-state index contributed by atoms with van der Waals surface area (Å²) < 4.78 is 0. The van der Waals surface area contributed by atoms with Crippen molar-refractivity contribution in [3.8, 4) is 0 Å². The zero-order valence-electron chi connectivity index (χ0n) is 9.16. The molecule has 2 rings (SSSR count). The highest BCUT2D eigenvalue weighted by Gasteiger charge is 2.31. The van der Waals surface area contributed by atoms with Gasteiger partial charge in [0.05, 0.1) is 5.92 Å². The van der Waals surface area contributed by atoms with Crippen LogP contribution in [0.5, 0.6) is 0 Å². The number of nitrogens with one attached hydrogen (secondary N) is 2. The highest BCUT2D eigenvalue weighted by molar-refractivity contribution is 6.04. The van der Waals surface area contributed by atoms with Crippen LogP contribution in [0.15, 0.2) is 0 Å². The van der Waals surface area contributed by atoms with Crippen LogP contribution in [0.1, 0.15) is 32.6 Å². The molecule has 0 aromatic rings. The number of imide groups is 1. The fourth-order valence-corrected chi connectivity index (χ4v) is 1.08. The van der Waals surface area contributed by atoms with Crippen LogP contribution < -0.4 is 10.6 Å². The van der Waals surface area contributed by atoms with Crippen LogP contribution in [0.4, 0.5) is 4.79 Å². The Morgan fingerprint density at radius 3 is 2.31 bits per heavy atom. The van der Waals surface area contributed by atoms with Crippen LogP contribution in [-0.4, -0.2) is 29.1 Å². The molecule has 1 aliphatic heterocycles. The molecule has 2 atom stereocenters. The summed E-state index contributed by atoms with van der Waals surface area (Å²) in [5.41, 5.74) is 0. The van der Waals surface area contributed by atoms with Gasteiger partial charge in [-0.2, -0.15) is 0 Å². The van der Waals surface area contributed by atoms with E-state index >= 15 is 0 Å². The number of rotatable bonds is 3. The average Bonchev–Trinajstić information content (AvgIpc) is 3.00. The number of carbonyl (C=O) groups is 3. The third-order valence-corrected chi connectivity index (χ3v) is 2.22. The van der Waals surface area contributed by atoms with Gasteiger partial charge in [0.25, 0.3) is 5.91 Å². The summed E-state index contributed by atoms with van der Waals surface area (Å²) in [6, 6.07) is -1.27. The van der Waals surface area contributed by atoms with E-state index in [-0.39, 0.29) is 6.42 Å². The van der Waals surface area contributed by atoms with E-state index in [2.05, 4.69) is 5.32 Å². The molecule has 1 aliphatic carbocycles. The minimum Gasteiger partial charge on any atom is -0.481 e. The summed E-state index contributed by atoms with van der Waals surface area (Å²) in [5.74, 6) is -2.08. The second-order valence-electron chi connectivity index (χ2n) is 4.05. The van der Waals surface area contributed by atoms with Crippen molar-refractivity contribution in [1.82, 2.24) is 10.6 Å². The number of urea groups is 1. The Morgan fingerprint density at radius 2 is 2.00 bits per heavy atom. The van der Waals surface area contributed by atoms with Crippen molar-refractivity contribution in [1.29, 1.82) is 0 Å². The van der Waals surface area contributed by atoms with Gasteiger partial charge in [0.15, 0.2) is 0 Å². The van der Waals surface area contributed by atoms with E-state index in [1.165, 1.54) is 26.2 Å². The zero-order chi connectivity index (χ0) is 12.1. The highest BCUT2D eigenvalue weighted by atomic mass is 16.4. The first kappa shape index (κ1) is 12.5. The van der Waals surface area contributed by atoms with E-state index in [0.29, 0.717) is 0 Å². The molecule has 90 valence electrons. The normalized spacial score (nSPS) is 23.7. The van der Waals surface area contributed by atoms with Crippen molar-refractivity contribution in [2.45, 2.75) is 38.6 Å². The lowest BCUT2D eigenvalue weighted by Crippen LogP contribution is -2.32. The van der Waals surface area contributed by atoms with Crippen molar-refractivity contribution in [3.63, 3.8) is 0 Å². The second-order valence-corrected chi connectivity index (χ2v) is 4.05. The molecule has 2 unspecified atom stereocenters. The van der Waals surface area contributed by atoms with Gasteiger partial charge in [0.2, 0.25) is 0 Å². The molecule has 0 aromatic heterocycles. The lowest BCUT2D eigenvalue weighted by atomic mass is 10.0. The van der Waals surface area contributed by atoms with Gasteiger partial charge in [-0.15, -0.1) is 0 Å². The van der Waals surface area contributed by atoms with Gasteiger partial charge < -0.3 is 10.4 Å². The third-order valence-electron chi connectivity index (χ3n) is 2.22. The van der Waals surface area contributed by atoms with E-state index in [0.717, 1.165) is 0 Å². The maximum absolute atomic E-state index is 11.0. The van der Waals surface area contributed by atoms with Crippen molar-refractivity contribution in [2.24, 2.45) is 5.92 Å². The first-order valence-electron chi connectivity index (χ1n) is 5.35. The van der Waals surface area contributed by atoms with Gasteiger partial charge >= 0.3 is 12.0 Å². The van der Waals surface area contributed by atoms with E-state index in [1.54, 1.807) is 0 Å². The number of carbonyl (C=O) groups excluding carboxylic acids is 2. The topological polar surface area (TPSA) is 95.5 Å². The van der Waals surface area contributed by atoms with Crippen LogP contribution in [0.25, 0.3) is 0 Å². The molecular weight excluding hydrogens is 212 g/mol. The van der Waals surface area contributed by atoms with Gasteiger partial charge in [0, 0.05) is 0 Å². The van der Waals surface area contributed by atoms with E-state index < -0.39 is 29.9 Å². The first-order chi connectivity index (χ1) is 7.50. The molecule has 1 saturated carbocycles. The van der Waals surface area contributed by atoms with Gasteiger partial charge in [-0.05, 0) is 6.42 Å². The monoisotopic (exact) mass is 228 g/mol. The Hall–Kier alpha value is -1.59. The van der Waals surface area contributed by atoms with Crippen LogP contribution in [0, 0.1) is 5.92 Å². The Morgan fingerprint density at radius 1 is 1.44 bits per heavy atom. The summed E-state index contributed by atoms with van der Waals surface area (Å²) >= 11 is 0. The number of aliphatic carboxylic acids is 1. The number of carboxylic acid groups (broad SMARTS) is 1. The maximum Gasteiger partial charge on any atom is 0.322 e. The predicted octanol–water partition coefficient (Wildman–Crippen LogP) is 0.476. The Kier molecular flexibility index (Phi) is 4.28. The van der Waals surface area contributed by atoms with Gasteiger partial charge in [-0.25, -0.2) is 4.79 Å². The van der Waals surface area contributed by atoms with Crippen molar-refractivity contribution >= 4 is 17.9 Å². The predicted molar refractivity (Wildman–Crippen MR) is 55.7 cm³/mol. The number of amides is 3. The molecule has 0 aromatic carbocycles. The average molecular weight is 228 g/mol. The summed E-state index contributed by atoms with van der Waals surface area (Å²) in [5, 5.41) is 12.9. The summed E-state index contributed by atoms with van der Waals surface area (Å²) in [7, 11) is 0. The first-order valence-corrected chi connectivity index (χ1v) is 5.35. The SMILES string of the molecule is C1CC1.CC(CC1NC(=O)NC1=O)C(=O)O. The minimum atomic E-state index is -0.978. The van der Waals surface area contributed by atoms with Crippen LogP contribution in [-0.2, 0) is 9.59 Å². The molecule has 2 aliphatic rings. The van der Waals surface area contributed by atoms with Crippen molar-refractivity contribution < 1.29 is 19.5 Å². The quantitative estimate of drug-likeness (QED) is 0.612. The smallest absolute Gasteiger partial charge is 0.322 e. The van der Waals surface area contributed by atoms with E-state index in [1.807, 2.05) is 5.32 Å². The Labute approximate surface area is 93.4 Å². The van der Waals surface area contributed by atoms with Gasteiger partial charge in [-0.1, -0.05) is 26.2 Å². The molecule has 0 spiro atoms. The molecule has 3 N–H and O–H groups in total. The molecule has 6 nitrogen and oxygen atoms in total. The molecular formula is C10H16N2O4. The second kappa shape index (κ2) is 5.48. The number of hydrogen-bond donors (Lipinski definition) is 3. The molecule has 0 radical (unpaired) electrons. The number of carboxylic acids is 1. The molecule has 1 saturated heterocycles. The molecule has 6 heteroatoms. The molecule has 2 fully saturated rings. The molecule has 0 bridgehead atoms. The lowest BCUT2D eigenvalue weighted by Gasteiger charge is -2.09. The summed E-state index contributed by atoms with van der Waals surface area (Å²) in [6.07, 6.45) is 4.62. The molecule has 1 heterocycles. The Bertz CT molecular complexity index is 298. The minimum absolute atomic E-state index is 0.118. The van der Waals surface area contributed by atoms with Crippen LogP contribution in [0.3, 0.4) is 0 Å². The third kappa shape index (κ3) is 4.29. The summed E-state index contributed by atoms with van der Waals surface area (Å²) in [6.45, 7) is 1.49. The highest BCUT2D eigenvalue weighted by Crippen LogP contribution is 2.14. The van der Waals surface area contributed by atoms with Gasteiger partial charge in [0.1, 0.15) is 6.04 Å². The number of hydrogen-bond acceptors (Lipinski definition) is 3. The van der Waals surface area contributed by atoms with E-state index in [4.69, 9.17) is 5.11 Å². The molecule has 3 amide bonds. The van der Waals surface area contributed by atoms with Crippen LogP contribution >= 0.6 is 0 Å². The largest absolute Gasteiger partial charge is 0.481 e. The van der Waals surface area contributed by atoms with Crippen molar-refractivity contribution in [3.05, 3.63) is 0 Å². The fraction of sp³-hybridized carbons (Fsp3) is 0.700. The standard InChI is InChI=1S/C7H10N2O4.C3H6/c1-3(6(11)12)2-4-5(10)9-7(13)8-4;1-2-3-1/h3-4H,2H2,1H3,(H,11,12)(H2,8,9,10,13);1-3H2. The van der Waals surface area contributed by atoms with E-state index in [9.17, 15) is 14.4 Å². The zero-order valence-corrected chi connectivity index (χ0v) is 9.16. The lowest BCUT2D eigenvalue weighted by molar-refractivity contribution is -0.141. The van der Waals surface area contributed by atoms with Crippen LogP contribution in [0.2, 0.25) is 0 Å². The maximum atomic E-state index is 11.0. The Balaban J connectivity index is 0.000000365. The van der Waals surface area contributed by atoms with Crippen molar-refractivity contribution in [2.75, 3.05) is 0 Å².